The van der Waals surface area contributed by atoms with E-state index in [1.165, 1.54) is 0 Å². The molecule has 1 rings (SSSR count). The molecule has 0 spiro atoms. The molecule has 2 N–H and O–H groups in total. The molecule has 0 aromatic heterocycles. The second kappa shape index (κ2) is 6.49. The zero-order valence-corrected chi connectivity index (χ0v) is 9.43. The molecule has 0 aliphatic rings. The molecule has 0 bridgehead atoms. The fourth-order valence-electron chi connectivity index (χ4n) is 1.46. The number of phenols is 1. The molecule has 0 amide bonds. The first kappa shape index (κ1) is 13.8. The number of alkyl halides is 3. The van der Waals surface area contributed by atoms with E-state index in [9.17, 15) is 18.3 Å². The van der Waals surface area contributed by atoms with Gasteiger partial charge in [0.1, 0.15) is 5.75 Å². The Morgan fingerprint density at radius 1 is 1.12 bits per heavy atom. The first-order chi connectivity index (χ1) is 7.99. The highest BCUT2D eigenvalue weighted by atomic mass is 19.4. The van der Waals surface area contributed by atoms with Crippen LogP contribution in [0, 0.1) is 0 Å². The quantitative estimate of drug-likeness (QED) is 0.756. The maximum absolute atomic E-state index is 11.8. The van der Waals surface area contributed by atoms with E-state index < -0.39 is 12.6 Å². The van der Waals surface area contributed by atoms with Crippen molar-refractivity contribution in [2.24, 2.45) is 0 Å². The highest BCUT2D eigenvalue weighted by molar-refractivity contribution is 5.31. The van der Waals surface area contributed by atoms with Crippen molar-refractivity contribution in [1.29, 1.82) is 0 Å². The Kier molecular flexibility index (Phi) is 5.28. The predicted octanol–water partition coefficient (Wildman–Crippen LogP) is 3.21. The molecule has 0 saturated carbocycles. The van der Waals surface area contributed by atoms with Crippen molar-refractivity contribution in [2.75, 3.05) is 6.54 Å². The van der Waals surface area contributed by atoms with Crippen molar-refractivity contribution in [2.45, 2.75) is 32.0 Å². The van der Waals surface area contributed by atoms with Gasteiger partial charge < -0.3 is 10.4 Å². The SMILES string of the molecule is Oc1ccccc1CNCCCCC(F)(F)F. The smallest absolute Gasteiger partial charge is 0.389 e. The van der Waals surface area contributed by atoms with Crippen LogP contribution in [0.5, 0.6) is 5.75 Å². The van der Waals surface area contributed by atoms with E-state index in [1.54, 1.807) is 24.3 Å². The van der Waals surface area contributed by atoms with Gasteiger partial charge in [0.15, 0.2) is 0 Å². The Hall–Kier alpha value is -1.23. The topological polar surface area (TPSA) is 32.3 Å². The standard InChI is InChI=1S/C12H16F3NO/c13-12(14,15)7-3-4-8-16-9-10-5-1-2-6-11(10)17/h1-2,5-6,16-17H,3-4,7-9H2. The number of aromatic hydroxyl groups is 1. The third-order valence-corrected chi connectivity index (χ3v) is 2.37. The minimum absolute atomic E-state index is 0.136. The molecule has 5 heteroatoms. The summed E-state index contributed by atoms with van der Waals surface area (Å²) in [6.07, 6.45) is -4.17. The van der Waals surface area contributed by atoms with E-state index in [-0.39, 0.29) is 12.2 Å². The molecule has 2 nitrogen and oxygen atoms in total. The van der Waals surface area contributed by atoms with E-state index in [0.717, 1.165) is 5.56 Å². The van der Waals surface area contributed by atoms with Crippen LogP contribution in [-0.4, -0.2) is 17.8 Å². The van der Waals surface area contributed by atoms with Crippen molar-refractivity contribution in [3.05, 3.63) is 29.8 Å². The van der Waals surface area contributed by atoms with Crippen LogP contribution in [-0.2, 0) is 6.54 Å². The maximum atomic E-state index is 11.8. The van der Waals surface area contributed by atoms with Gasteiger partial charge in [-0.2, -0.15) is 13.2 Å². The first-order valence-electron chi connectivity index (χ1n) is 5.53. The normalized spacial score (nSPS) is 11.7. The number of nitrogens with one attached hydrogen (secondary N) is 1. The van der Waals surface area contributed by atoms with Gasteiger partial charge in [0.25, 0.3) is 0 Å². The van der Waals surface area contributed by atoms with Crippen molar-refractivity contribution in [3.63, 3.8) is 0 Å². The van der Waals surface area contributed by atoms with E-state index in [4.69, 9.17) is 0 Å². The summed E-state index contributed by atoms with van der Waals surface area (Å²) in [6, 6.07) is 6.89. The van der Waals surface area contributed by atoms with E-state index in [2.05, 4.69) is 5.32 Å². The third kappa shape index (κ3) is 6.16. The van der Waals surface area contributed by atoms with Crippen LogP contribution in [0.4, 0.5) is 13.2 Å². The lowest BCUT2D eigenvalue weighted by molar-refractivity contribution is -0.135. The molecule has 0 aliphatic carbocycles. The number of para-hydroxylation sites is 1. The number of halogens is 3. The molecular formula is C12H16F3NO. The molecule has 0 aliphatic heterocycles. The molecule has 0 radical (unpaired) electrons. The summed E-state index contributed by atoms with van der Waals surface area (Å²) < 4.78 is 35.5. The van der Waals surface area contributed by atoms with Gasteiger partial charge in [-0.3, -0.25) is 0 Å². The Morgan fingerprint density at radius 3 is 2.47 bits per heavy atom. The predicted molar refractivity (Wildman–Crippen MR) is 59.7 cm³/mol. The Morgan fingerprint density at radius 2 is 1.82 bits per heavy atom. The fraction of sp³-hybridized carbons (Fsp3) is 0.500. The van der Waals surface area contributed by atoms with Gasteiger partial charge in [-0.05, 0) is 25.5 Å². The van der Waals surface area contributed by atoms with Gasteiger partial charge in [-0.25, -0.2) is 0 Å². The van der Waals surface area contributed by atoms with Crippen LogP contribution in [0.2, 0.25) is 0 Å². The molecule has 0 saturated heterocycles. The number of rotatable bonds is 6. The lowest BCUT2D eigenvalue weighted by atomic mass is 10.2. The summed E-state index contributed by atoms with van der Waals surface area (Å²) >= 11 is 0. The van der Waals surface area contributed by atoms with Gasteiger partial charge in [0.05, 0.1) is 0 Å². The number of benzene rings is 1. The molecule has 1 aromatic rings. The summed E-state index contributed by atoms with van der Waals surface area (Å²) in [4.78, 5) is 0. The van der Waals surface area contributed by atoms with Gasteiger partial charge in [0, 0.05) is 18.5 Å². The van der Waals surface area contributed by atoms with E-state index >= 15 is 0 Å². The monoisotopic (exact) mass is 247 g/mol. The van der Waals surface area contributed by atoms with Crippen molar-refractivity contribution in [1.82, 2.24) is 5.32 Å². The van der Waals surface area contributed by atoms with Gasteiger partial charge in [-0.1, -0.05) is 18.2 Å². The van der Waals surface area contributed by atoms with Crippen LogP contribution in [0.15, 0.2) is 24.3 Å². The number of phenolic OH excluding ortho intramolecular Hbond substituents is 1. The van der Waals surface area contributed by atoms with Crippen molar-refractivity contribution in [3.8, 4) is 5.75 Å². The second-order valence-electron chi connectivity index (χ2n) is 3.88. The highest BCUT2D eigenvalue weighted by Crippen LogP contribution is 2.22. The number of hydrogen-bond acceptors (Lipinski definition) is 2. The molecule has 0 heterocycles. The van der Waals surface area contributed by atoms with Gasteiger partial charge >= 0.3 is 6.18 Å². The van der Waals surface area contributed by atoms with Crippen LogP contribution < -0.4 is 5.32 Å². The van der Waals surface area contributed by atoms with E-state index in [1.807, 2.05) is 0 Å². The minimum Gasteiger partial charge on any atom is -0.508 e. The van der Waals surface area contributed by atoms with E-state index in [0.29, 0.717) is 19.5 Å². The molecule has 0 atom stereocenters. The zero-order valence-electron chi connectivity index (χ0n) is 9.43. The largest absolute Gasteiger partial charge is 0.508 e. The average Bonchev–Trinajstić information content (AvgIpc) is 2.24. The minimum atomic E-state index is -4.06. The third-order valence-electron chi connectivity index (χ3n) is 2.37. The van der Waals surface area contributed by atoms with Crippen LogP contribution in [0.25, 0.3) is 0 Å². The Bertz CT molecular complexity index is 339. The highest BCUT2D eigenvalue weighted by Gasteiger charge is 2.25. The summed E-state index contributed by atoms with van der Waals surface area (Å²) in [5, 5.41) is 12.4. The van der Waals surface area contributed by atoms with Gasteiger partial charge in [0.2, 0.25) is 0 Å². The summed E-state index contributed by atoms with van der Waals surface area (Å²) in [5.74, 6) is 0.204. The zero-order chi connectivity index (χ0) is 12.7. The Balaban J connectivity index is 2.11. The summed E-state index contributed by atoms with van der Waals surface area (Å²) in [5.41, 5.74) is 0.753. The maximum Gasteiger partial charge on any atom is 0.389 e. The van der Waals surface area contributed by atoms with Crippen molar-refractivity contribution >= 4 is 0 Å². The summed E-state index contributed by atoms with van der Waals surface area (Å²) in [7, 11) is 0. The van der Waals surface area contributed by atoms with Gasteiger partial charge in [-0.15, -0.1) is 0 Å². The van der Waals surface area contributed by atoms with Crippen LogP contribution in [0.1, 0.15) is 24.8 Å². The average molecular weight is 247 g/mol. The molecule has 0 fully saturated rings. The molecule has 1 aromatic carbocycles. The summed E-state index contributed by atoms with van der Waals surface area (Å²) in [6.45, 7) is 0.989. The number of hydrogen-bond donors (Lipinski definition) is 2. The molecular weight excluding hydrogens is 231 g/mol. The fourth-order valence-corrected chi connectivity index (χ4v) is 1.46. The molecule has 96 valence electrons. The lowest BCUT2D eigenvalue weighted by Crippen LogP contribution is -2.16. The van der Waals surface area contributed by atoms with Crippen molar-refractivity contribution < 1.29 is 18.3 Å². The lowest BCUT2D eigenvalue weighted by Gasteiger charge is -2.08. The molecule has 0 unspecified atom stereocenters. The Labute approximate surface area is 98.5 Å². The van der Waals surface area contributed by atoms with Crippen LogP contribution >= 0.6 is 0 Å². The van der Waals surface area contributed by atoms with Crippen LogP contribution in [0.3, 0.4) is 0 Å². The number of unbranched alkanes of at least 4 members (excludes halogenated alkanes) is 1. The first-order valence-corrected chi connectivity index (χ1v) is 5.53. The second-order valence-corrected chi connectivity index (χ2v) is 3.88. The molecule has 17 heavy (non-hydrogen) atoms.